The lowest BCUT2D eigenvalue weighted by molar-refractivity contribution is -0.171. The third kappa shape index (κ3) is 3.74. The summed E-state index contributed by atoms with van der Waals surface area (Å²) in [6, 6.07) is 0.947. The fraction of sp³-hybridized carbons (Fsp3) is 0.913. The van der Waals surface area contributed by atoms with E-state index in [0.29, 0.717) is 35.4 Å². The normalized spacial score (nSPS) is 37.8. The van der Waals surface area contributed by atoms with Crippen LogP contribution in [-0.4, -0.2) is 72.7 Å². The van der Waals surface area contributed by atoms with Gasteiger partial charge in [-0.15, -0.1) is 0 Å². The summed E-state index contributed by atoms with van der Waals surface area (Å²) in [4.78, 5) is 19.7. The zero-order valence-electron chi connectivity index (χ0n) is 18.4. The highest BCUT2D eigenvalue weighted by atomic mass is 32.2. The van der Waals surface area contributed by atoms with Crippen LogP contribution in [0.5, 0.6) is 0 Å². The van der Waals surface area contributed by atoms with Crippen LogP contribution in [0.1, 0.15) is 58.3 Å². The van der Waals surface area contributed by atoms with Crippen molar-refractivity contribution in [2.24, 2.45) is 22.2 Å². The molecule has 0 aromatic rings. The molecular formula is C23H38N4O2S. The Balaban J connectivity index is 1.14. The molecule has 0 aromatic carbocycles. The second kappa shape index (κ2) is 8.89. The summed E-state index contributed by atoms with van der Waals surface area (Å²) in [5.41, 5.74) is 0.369. The van der Waals surface area contributed by atoms with Crippen LogP contribution < -0.4 is 10.6 Å². The molecular weight excluding hydrogens is 396 g/mol. The molecule has 7 heteroatoms. The number of hydrogen-bond donors (Lipinski definition) is 2. The van der Waals surface area contributed by atoms with Gasteiger partial charge in [-0.05, 0) is 51.9 Å². The number of amides is 1. The van der Waals surface area contributed by atoms with Gasteiger partial charge in [0, 0.05) is 67.1 Å². The molecule has 0 aromatic heterocycles. The Morgan fingerprint density at radius 1 is 1.13 bits per heavy atom. The van der Waals surface area contributed by atoms with Crippen LogP contribution in [0.2, 0.25) is 0 Å². The maximum Gasteiger partial charge on any atom is 0.225 e. The molecule has 3 aliphatic carbocycles. The Kier molecular flexibility index (Phi) is 6.20. The predicted molar refractivity (Wildman–Crippen MR) is 122 cm³/mol. The van der Waals surface area contributed by atoms with Crippen molar-refractivity contribution in [3.05, 3.63) is 0 Å². The minimum atomic E-state index is 0.229. The molecule has 2 aliphatic heterocycles. The van der Waals surface area contributed by atoms with Crippen LogP contribution in [0.4, 0.5) is 0 Å². The summed E-state index contributed by atoms with van der Waals surface area (Å²) in [6.07, 6.45) is 9.75. The monoisotopic (exact) mass is 434 g/mol. The van der Waals surface area contributed by atoms with E-state index < -0.39 is 0 Å². The van der Waals surface area contributed by atoms with Crippen molar-refractivity contribution in [1.82, 2.24) is 15.5 Å². The molecule has 3 unspecified atom stereocenters. The molecule has 0 bridgehead atoms. The van der Waals surface area contributed by atoms with Gasteiger partial charge in [0.05, 0.1) is 6.10 Å². The molecule has 3 saturated carbocycles. The number of aliphatic imine (C=N–C) groups is 1. The van der Waals surface area contributed by atoms with Crippen molar-refractivity contribution in [2.45, 2.75) is 76.5 Å². The lowest BCUT2D eigenvalue weighted by Gasteiger charge is -2.63. The average molecular weight is 435 g/mol. The SMILES string of the molecule is CCN=C(NC1CCC(C(=O)N2CCSCC2)CC1)NC1C2CCOC2C12CCC2. The lowest BCUT2D eigenvalue weighted by atomic mass is 9.46. The molecule has 2 N–H and O–H groups in total. The molecule has 1 spiro atoms. The first kappa shape index (κ1) is 20.9. The Bertz CT molecular complexity index is 654. The van der Waals surface area contributed by atoms with Gasteiger partial charge in [0.2, 0.25) is 5.91 Å². The van der Waals surface area contributed by atoms with Crippen LogP contribution in [0.15, 0.2) is 4.99 Å². The minimum absolute atomic E-state index is 0.229. The molecule has 2 saturated heterocycles. The Morgan fingerprint density at radius 3 is 2.57 bits per heavy atom. The second-order valence-corrected chi connectivity index (χ2v) is 11.1. The summed E-state index contributed by atoms with van der Waals surface area (Å²) in [5.74, 6) is 4.48. The molecule has 6 nitrogen and oxygen atoms in total. The standard InChI is InChI=1S/C23H38N4O2S/c1-2-24-22(26-19-18-8-13-29-20(18)23(19)9-3-10-23)25-17-6-4-16(5-7-17)21(28)27-11-14-30-15-12-27/h16-20H,2-15H2,1H3,(H2,24,25,26). The highest BCUT2D eigenvalue weighted by molar-refractivity contribution is 7.99. The minimum Gasteiger partial charge on any atom is -0.377 e. The Hall–Kier alpha value is -0.950. The molecule has 5 aliphatic rings. The van der Waals surface area contributed by atoms with Crippen molar-refractivity contribution in [3.8, 4) is 0 Å². The molecule has 1 amide bonds. The number of carbonyl (C=O) groups excluding carboxylic acids is 1. The number of hydrogen-bond acceptors (Lipinski definition) is 4. The first-order chi connectivity index (χ1) is 14.7. The van der Waals surface area contributed by atoms with Gasteiger partial charge in [0.15, 0.2) is 5.96 Å². The highest BCUT2D eigenvalue weighted by Crippen LogP contribution is 2.62. The fourth-order valence-corrected chi connectivity index (χ4v) is 7.52. The molecule has 0 radical (unpaired) electrons. The van der Waals surface area contributed by atoms with Crippen molar-refractivity contribution in [2.75, 3.05) is 37.7 Å². The van der Waals surface area contributed by atoms with E-state index in [1.54, 1.807) is 0 Å². The van der Waals surface area contributed by atoms with Crippen LogP contribution >= 0.6 is 11.8 Å². The summed E-state index contributed by atoms with van der Waals surface area (Å²) in [5, 5.41) is 7.56. The van der Waals surface area contributed by atoms with Gasteiger partial charge in [-0.25, -0.2) is 0 Å². The number of ether oxygens (including phenoxy) is 1. The number of guanidine groups is 1. The molecule has 3 atom stereocenters. The first-order valence-electron chi connectivity index (χ1n) is 12.3. The topological polar surface area (TPSA) is 66.0 Å². The maximum atomic E-state index is 12.8. The molecule has 168 valence electrons. The van der Waals surface area contributed by atoms with Crippen molar-refractivity contribution in [1.29, 1.82) is 0 Å². The quantitative estimate of drug-likeness (QED) is 0.526. The van der Waals surface area contributed by atoms with Gasteiger partial charge in [-0.3, -0.25) is 9.79 Å². The van der Waals surface area contributed by atoms with Gasteiger partial charge >= 0.3 is 0 Å². The average Bonchev–Trinajstić information content (AvgIpc) is 3.16. The van der Waals surface area contributed by atoms with Gasteiger partial charge in [0.1, 0.15) is 0 Å². The van der Waals surface area contributed by atoms with Crippen LogP contribution in [-0.2, 0) is 9.53 Å². The van der Waals surface area contributed by atoms with Gasteiger partial charge in [0.25, 0.3) is 0 Å². The van der Waals surface area contributed by atoms with Gasteiger partial charge in [-0.1, -0.05) is 6.42 Å². The third-order valence-corrected chi connectivity index (χ3v) is 9.33. The number of carbonyl (C=O) groups is 1. The number of nitrogens with one attached hydrogen (secondary N) is 2. The number of fused-ring (bicyclic) bond motifs is 2. The summed E-state index contributed by atoms with van der Waals surface area (Å²) < 4.78 is 6.08. The van der Waals surface area contributed by atoms with Crippen LogP contribution in [0, 0.1) is 17.3 Å². The van der Waals surface area contributed by atoms with E-state index in [1.807, 2.05) is 11.8 Å². The van der Waals surface area contributed by atoms with E-state index in [2.05, 4.69) is 22.5 Å². The largest absolute Gasteiger partial charge is 0.377 e. The molecule has 5 rings (SSSR count). The van der Waals surface area contributed by atoms with Gasteiger partial charge < -0.3 is 20.3 Å². The van der Waals surface area contributed by atoms with E-state index >= 15 is 0 Å². The van der Waals surface area contributed by atoms with Crippen LogP contribution in [0.25, 0.3) is 0 Å². The van der Waals surface area contributed by atoms with Crippen molar-refractivity contribution < 1.29 is 9.53 Å². The predicted octanol–water partition coefficient (Wildman–Crippen LogP) is 2.63. The number of rotatable bonds is 4. The second-order valence-electron chi connectivity index (χ2n) is 9.91. The number of thioether (sulfide) groups is 1. The van der Waals surface area contributed by atoms with E-state index in [1.165, 1.54) is 25.7 Å². The summed E-state index contributed by atoms with van der Waals surface area (Å²) in [7, 11) is 0. The molecule has 5 fully saturated rings. The van der Waals surface area contributed by atoms with E-state index in [9.17, 15) is 4.79 Å². The Labute approximate surface area is 185 Å². The Morgan fingerprint density at radius 2 is 1.90 bits per heavy atom. The van der Waals surface area contributed by atoms with Crippen molar-refractivity contribution in [3.63, 3.8) is 0 Å². The van der Waals surface area contributed by atoms with Gasteiger partial charge in [-0.2, -0.15) is 11.8 Å². The fourth-order valence-electron chi connectivity index (χ4n) is 6.61. The van der Waals surface area contributed by atoms with E-state index in [4.69, 9.17) is 9.73 Å². The molecule has 30 heavy (non-hydrogen) atoms. The van der Waals surface area contributed by atoms with Crippen LogP contribution in [0.3, 0.4) is 0 Å². The highest BCUT2D eigenvalue weighted by Gasteiger charge is 2.66. The van der Waals surface area contributed by atoms with E-state index in [-0.39, 0.29) is 5.92 Å². The maximum absolute atomic E-state index is 12.8. The summed E-state index contributed by atoms with van der Waals surface area (Å²) in [6.45, 7) is 5.70. The van der Waals surface area contributed by atoms with Crippen molar-refractivity contribution >= 4 is 23.6 Å². The van der Waals surface area contributed by atoms with E-state index in [0.717, 1.165) is 69.4 Å². The lowest BCUT2D eigenvalue weighted by Crippen LogP contribution is -2.72. The zero-order valence-corrected chi connectivity index (χ0v) is 19.2. The summed E-state index contributed by atoms with van der Waals surface area (Å²) >= 11 is 1.97. The third-order valence-electron chi connectivity index (χ3n) is 8.38. The first-order valence-corrected chi connectivity index (χ1v) is 13.4. The molecule has 2 heterocycles. The smallest absolute Gasteiger partial charge is 0.225 e. The number of nitrogens with zero attached hydrogens (tertiary/aromatic N) is 2. The zero-order chi connectivity index (χ0) is 20.6.